The van der Waals surface area contributed by atoms with Crippen LogP contribution in [0.2, 0.25) is 5.02 Å². The molecule has 0 bridgehead atoms. The summed E-state index contributed by atoms with van der Waals surface area (Å²) in [6.45, 7) is 2.00. The van der Waals surface area contributed by atoms with Gasteiger partial charge in [-0.2, -0.15) is 0 Å². The Kier molecular flexibility index (Phi) is 4.77. The topological polar surface area (TPSA) is 78.4 Å². The smallest absolute Gasteiger partial charge is 0.313 e. The highest BCUT2D eigenvalue weighted by molar-refractivity contribution is 6.32. The van der Waals surface area contributed by atoms with Crippen molar-refractivity contribution in [2.45, 2.75) is 19.4 Å². The SMILES string of the molecule is CC[C@@H](N)c1ccc(Oc2c(Cl)cccc2[N+](=O)[O-])cc1. The second kappa shape index (κ2) is 6.56. The number of nitro groups is 1. The van der Waals surface area contributed by atoms with Crippen LogP contribution >= 0.6 is 11.6 Å². The summed E-state index contributed by atoms with van der Waals surface area (Å²) in [5, 5.41) is 11.2. The lowest BCUT2D eigenvalue weighted by Gasteiger charge is -2.11. The van der Waals surface area contributed by atoms with Crippen LogP contribution in [0.25, 0.3) is 0 Å². The number of benzene rings is 2. The van der Waals surface area contributed by atoms with Crippen molar-refractivity contribution in [1.82, 2.24) is 0 Å². The number of nitro benzene ring substituents is 1. The minimum Gasteiger partial charge on any atom is -0.449 e. The minimum atomic E-state index is -0.525. The fraction of sp³-hybridized carbons (Fsp3) is 0.200. The van der Waals surface area contributed by atoms with Gasteiger partial charge in [-0.1, -0.05) is 36.7 Å². The van der Waals surface area contributed by atoms with Gasteiger partial charge >= 0.3 is 5.69 Å². The molecule has 0 unspecified atom stereocenters. The largest absolute Gasteiger partial charge is 0.449 e. The molecule has 21 heavy (non-hydrogen) atoms. The third-order valence-electron chi connectivity index (χ3n) is 3.11. The van der Waals surface area contributed by atoms with Crippen molar-refractivity contribution in [2.24, 2.45) is 5.73 Å². The Balaban J connectivity index is 2.28. The first-order chi connectivity index (χ1) is 10.0. The Morgan fingerprint density at radius 3 is 2.52 bits per heavy atom. The molecule has 0 saturated carbocycles. The molecule has 0 spiro atoms. The maximum absolute atomic E-state index is 11.0. The van der Waals surface area contributed by atoms with E-state index in [2.05, 4.69) is 0 Å². The molecule has 2 aromatic rings. The van der Waals surface area contributed by atoms with Gasteiger partial charge in [0.25, 0.3) is 0 Å². The van der Waals surface area contributed by atoms with Gasteiger partial charge in [0.05, 0.1) is 9.95 Å². The summed E-state index contributed by atoms with van der Waals surface area (Å²) in [7, 11) is 0. The first-order valence-electron chi connectivity index (χ1n) is 6.49. The van der Waals surface area contributed by atoms with Crippen molar-refractivity contribution in [2.75, 3.05) is 0 Å². The Labute approximate surface area is 127 Å². The normalized spacial score (nSPS) is 12.0. The highest BCUT2D eigenvalue weighted by Gasteiger charge is 2.19. The van der Waals surface area contributed by atoms with Crippen molar-refractivity contribution in [1.29, 1.82) is 0 Å². The zero-order chi connectivity index (χ0) is 15.4. The third kappa shape index (κ3) is 3.51. The van der Waals surface area contributed by atoms with Crippen molar-refractivity contribution in [3.63, 3.8) is 0 Å². The maximum atomic E-state index is 11.0. The predicted molar refractivity (Wildman–Crippen MR) is 81.8 cm³/mol. The standard InChI is InChI=1S/C15H15ClN2O3/c1-2-13(17)10-6-8-11(9-7-10)21-15-12(16)4-3-5-14(15)18(19)20/h3-9,13H,2,17H2,1H3/t13-/m1/s1. The van der Waals surface area contributed by atoms with Gasteiger partial charge in [0.1, 0.15) is 5.75 Å². The molecule has 0 saturated heterocycles. The number of ether oxygens (including phenoxy) is 1. The van der Waals surface area contributed by atoms with Gasteiger partial charge in [-0.05, 0) is 30.2 Å². The number of rotatable bonds is 5. The molecule has 0 heterocycles. The molecule has 0 amide bonds. The second-order valence-electron chi connectivity index (χ2n) is 4.53. The Morgan fingerprint density at radius 2 is 1.95 bits per heavy atom. The molecule has 110 valence electrons. The van der Waals surface area contributed by atoms with Crippen LogP contribution in [0.1, 0.15) is 24.9 Å². The molecule has 2 rings (SSSR count). The fourth-order valence-electron chi connectivity index (χ4n) is 1.88. The van der Waals surface area contributed by atoms with E-state index in [1.165, 1.54) is 12.1 Å². The number of hydrogen-bond donors (Lipinski definition) is 1. The molecule has 6 heteroatoms. The molecule has 0 fully saturated rings. The summed E-state index contributed by atoms with van der Waals surface area (Å²) in [6, 6.07) is 11.5. The molecule has 2 N–H and O–H groups in total. The van der Waals surface area contributed by atoms with E-state index in [1.807, 2.05) is 19.1 Å². The maximum Gasteiger partial charge on any atom is 0.313 e. The quantitative estimate of drug-likeness (QED) is 0.654. The van der Waals surface area contributed by atoms with Crippen LogP contribution in [0.3, 0.4) is 0 Å². The van der Waals surface area contributed by atoms with Crippen LogP contribution in [0.15, 0.2) is 42.5 Å². The van der Waals surface area contributed by atoms with Crippen molar-refractivity contribution >= 4 is 17.3 Å². The van der Waals surface area contributed by atoms with Crippen LogP contribution in [0, 0.1) is 10.1 Å². The molecule has 0 aliphatic carbocycles. The highest BCUT2D eigenvalue weighted by Crippen LogP contribution is 2.37. The molecular weight excluding hydrogens is 292 g/mol. The van der Waals surface area contributed by atoms with Crippen molar-refractivity contribution in [3.05, 3.63) is 63.2 Å². The summed E-state index contributed by atoms with van der Waals surface area (Å²) in [5.41, 5.74) is 6.75. The summed E-state index contributed by atoms with van der Waals surface area (Å²) in [6.07, 6.45) is 0.830. The lowest BCUT2D eigenvalue weighted by molar-refractivity contribution is -0.385. The molecule has 0 aliphatic heterocycles. The van der Waals surface area contributed by atoms with Gasteiger partial charge in [-0.15, -0.1) is 0 Å². The van der Waals surface area contributed by atoms with Crippen molar-refractivity contribution in [3.8, 4) is 11.5 Å². The monoisotopic (exact) mass is 306 g/mol. The van der Waals surface area contributed by atoms with E-state index >= 15 is 0 Å². The Bertz CT molecular complexity index is 644. The van der Waals surface area contributed by atoms with Crippen molar-refractivity contribution < 1.29 is 9.66 Å². The van der Waals surface area contributed by atoms with E-state index in [1.54, 1.807) is 18.2 Å². The number of nitrogens with two attached hydrogens (primary N) is 1. The minimum absolute atomic E-state index is 0.0336. The van der Waals surface area contributed by atoms with E-state index in [0.29, 0.717) is 5.75 Å². The average molecular weight is 307 g/mol. The Morgan fingerprint density at radius 1 is 1.29 bits per heavy atom. The van der Waals surface area contributed by atoms with Gasteiger partial charge < -0.3 is 10.5 Å². The summed E-state index contributed by atoms with van der Waals surface area (Å²) in [5.74, 6) is 0.509. The third-order valence-corrected chi connectivity index (χ3v) is 3.41. The lowest BCUT2D eigenvalue weighted by atomic mass is 10.1. The number of halogens is 1. The average Bonchev–Trinajstić information content (AvgIpc) is 2.49. The zero-order valence-corrected chi connectivity index (χ0v) is 12.2. The highest BCUT2D eigenvalue weighted by atomic mass is 35.5. The molecule has 0 aromatic heterocycles. The molecule has 5 nitrogen and oxygen atoms in total. The lowest BCUT2D eigenvalue weighted by Crippen LogP contribution is -2.08. The second-order valence-corrected chi connectivity index (χ2v) is 4.94. The summed E-state index contributed by atoms with van der Waals surface area (Å²) in [4.78, 5) is 10.5. The predicted octanol–water partition coefficient (Wildman–Crippen LogP) is 4.45. The van der Waals surface area contributed by atoms with Crippen LogP contribution in [-0.4, -0.2) is 4.92 Å². The van der Waals surface area contributed by atoms with E-state index in [4.69, 9.17) is 22.1 Å². The number of para-hydroxylation sites is 1. The number of nitrogens with zero attached hydrogens (tertiary/aromatic N) is 1. The first-order valence-corrected chi connectivity index (χ1v) is 6.87. The molecule has 0 radical (unpaired) electrons. The van der Waals surface area contributed by atoms with Gasteiger partial charge in [0.2, 0.25) is 5.75 Å². The zero-order valence-electron chi connectivity index (χ0n) is 11.5. The van der Waals surface area contributed by atoms with E-state index in [0.717, 1.165) is 12.0 Å². The van der Waals surface area contributed by atoms with Crippen LogP contribution < -0.4 is 10.5 Å². The van der Waals surface area contributed by atoms with Gasteiger partial charge in [0.15, 0.2) is 0 Å². The van der Waals surface area contributed by atoms with Gasteiger partial charge in [-0.25, -0.2) is 0 Å². The number of hydrogen-bond acceptors (Lipinski definition) is 4. The summed E-state index contributed by atoms with van der Waals surface area (Å²) >= 11 is 5.98. The van der Waals surface area contributed by atoms with Crippen LogP contribution in [0.5, 0.6) is 11.5 Å². The molecule has 0 aliphatic rings. The van der Waals surface area contributed by atoms with Crippen LogP contribution in [-0.2, 0) is 0 Å². The van der Waals surface area contributed by atoms with E-state index in [-0.39, 0.29) is 22.5 Å². The molecular formula is C15H15ClN2O3. The first kappa shape index (κ1) is 15.3. The molecule has 2 aromatic carbocycles. The van der Waals surface area contributed by atoms with Crippen LogP contribution in [0.4, 0.5) is 5.69 Å². The summed E-state index contributed by atoms with van der Waals surface area (Å²) < 4.78 is 5.56. The molecule has 1 atom stereocenters. The Hall–Kier alpha value is -2.11. The fourth-order valence-corrected chi connectivity index (χ4v) is 2.09. The van der Waals surface area contributed by atoms with E-state index < -0.39 is 4.92 Å². The van der Waals surface area contributed by atoms with E-state index in [9.17, 15) is 10.1 Å². The van der Waals surface area contributed by atoms with Gasteiger partial charge in [0, 0.05) is 12.1 Å². The van der Waals surface area contributed by atoms with Gasteiger partial charge in [-0.3, -0.25) is 10.1 Å².